The van der Waals surface area contributed by atoms with E-state index in [2.05, 4.69) is 41.2 Å². The monoisotopic (exact) mass is 322 g/mol. The number of nitrogens with one attached hydrogen (secondary N) is 1. The summed E-state index contributed by atoms with van der Waals surface area (Å²) in [6, 6.07) is 8.36. The third-order valence-corrected chi connectivity index (χ3v) is 3.74. The summed E-state index contributed by atoms with van der Waals surface area (Å²) in [4.78, 5) is 0. The predicted octanol–water partition coefficient (Wildman–Crippen LogP) is 5.48. The molecule has 0 saturated heterocycles. The molecular formula is C16H23BrN2. The van der Waals surface area contributed by atoms with Gasteiger partial charge in [-0.3, -0.25) is 0 Å². The zero-order chi connectivity index (χ0) is 14.1. The molecule has 1 aromatic rings. The molecule has 0 saturated carbocycles. The van der Waals surface area contributed by atoms with Gasteiger partial charge in [-0.25, -0.2) is 0 Å². The van der Waals surface area contributed by atoms with Crippen LogP contribution in [0.15, 0.2) is 22.7 Å². The van der Waals surface area contributed by atoms with Crippen LogP contribution in [-0.4, -0.2) is 6.04 Å². The molecule has 0 bridgehead atoms. The Hall–Kier alpha value is -1.01. The van der Waals surface area contributed by atoms with E-state index in [1.807, 2.05) is 18.2 Å². The highest BCUT2D eigenvalue weighted by Crippen LogP contribution is 2.22. The van der Waals surface area contributed by atoms with Gasteiger partial charge in [-0.05, 0) is 31.5 Å². The first-order chi connectivity index (χ1) is 9.17. The standard InChI is InChI=1S/C16H23BrN2/c1-3-4-5-6-7-8-13(2)19-16-11-15(17)10-9-14(16)12-18/h9-11,13,19H,3-8H2,1-2H3. The molecule has 1 aromatic carbocycles. The fourth-order valence-electron chi connectivity index (χ4n) is 2.13. The van der Waals surface area contributed by atoms with Gasteiger partial charge in [-0.2, -0.15) is 5.26 Å². The maximum Gasteiger partial charge on any atom is 0.101 e. The van der Waals surface area contributed by atoms with Crippen LogP contribution in [0.3, 0.4) is 0 Å². The number of hydrogen-bond acceptors (Lipinski definition) is 2. The number of nitriles is 1. The van der Waals surface area contributed by atoms with E-state index in [0.717, 1.165) is 16.6 Å². The Morgan fingerprint density at radius 3 is 2.68 bits per heavy atom. The van der Waals surface area contributed by atoms with Gasteiger partial charge < -0.3 is 5.32 Å². The van der Waals surface area contributed by atoms with E-state index >= 15 is 0 Å². The fourth-order valence-corrected chi connectivity index (χ4v) is 2.49. The van der Waals surface area contributed by atoms with E-state index in [-0.39, 0.29) is 0 Å². The summed E-state index contributed by atoms with van der Waals surface area (Å²) in [7, 11) is 0. The summed E-state index contributed by atoms with van der Waals surface area (Å²) in [5, 5.41) is 12.5. The molecule has 3 heteroatoms. The number of rotatable bonds is 8. The fraction of sp³-hybridized carbons (Fsp3) is 0.562. The Labute approximate surface area is 125 Å². The molecule has 0 aliphatic rings. The Morgan fingerprint density at radius 2 is 2.00 bits per heavy atom. The van der Waals surface area contributed by atoms with E-state index in [0.29, 0.717) is 11.6 Å². The lowest BCUT2D eigenvalue weighted by Gasteiger charge is -2.16. The molecule has 0 aliphatic carbocycles. The summed E-state index contributed by atoms with van der Waals surface area (Å²) in [6.45, 7) is 4.42. The summed E-state index contributed by atoms with van der Waals surface area (Å²) in [6.07, 6.45) is 7.68. The van der Waals surface area contributed by atoms with Crippen molar-refractivity contribution in [1.29, 1.82) is 5.26 Å². The van der Waals surface area contributed by atoms with Gasteiger partial charge >= 0.3 is 0 Å². The summed E-state index contributed by atoms with van der Waals surface area (Å²) >= 11 is 3.45. The molecule has 1 rings (SSSR count). The first kappa shape index (κ1) is 16.0. The van der Waals surface area contributed by atoms with E-state index in [1.54, 1.807) is 0 Å². The average Bonchev–Trinajstić information content (AvgIpc) is 2.39. The van der Waals surface area contributed by atoms with Crippen molar-refractivity contribution >= 4 is 21.6 Å². The molecule has 1 atom stereocenters. The summed E-state index contributed by atoms with van der Waals surface area (Å²) in [5.74, 6) is 0. The topological polar surface area (TPSA) is 35.8 Å². The maximum absolute atomic E-state index is 9.09. The molecule has 0 spiro atoms. The second-order valence-corrected chi connectivity index (χ2v) is 5.97. The van der Waals surface area contributed by atoms with Crippen LogP contribution < -0.4 is 5.32 Å². The minimum Gasteiger partial charge on any atom is -0.381 e. The normalized spacial score (nSPS) is 11.9. The van der Waals surface area contributed by atoms with Crippen LogP contribution >= 0.6 is 15.9 Å². The highest BCUT2D eigenvalue weighted by molar-refractivity contribution is 9.10. The van der Waals surface area contributed by atoms with E-state index in [1.165, 1.54) is 32.1 Å². The van der Waals surface area contributed by atoms with Crippen LogP contribution in [0.2, 0.25) is 0 Å². The zero-order valence-corrected chi connectivity index (χ0v) is 13.5. The first-order valence-electron chi connectivity index (χ1n) is 7.13. The molecule has 0 radical (unpaired) electrons. The van der Waals surface area contributed by atoms with Crippen LogP contribution in [0.25, 0.3) is 0 Å². The molecule has 0 fully saturated rings. The van der Waals surface area contributed by atoms with Crippen LogP contribution in [0.4, 0.5) is 5.69 Å². The van der Waals surface area contributed by atoms with Crippen molar-refractivity contribution in [3.8, 4) is 6.07 Å². The number of benzene rings is 1. The van der Waals surface area contributed by atoms with Crippen molar-refractivity contribution < 1.29 is 0 Å². The largest absolute Gasteiger partial charge is 0.381 e. The van der Waals surface area contributed by atoms with E-state index < -0.39 is 0 Å². The van der Waals surface area contributed by atoms with Gasteiger partial charge in [0.1, 0.15) is 6.07 Å². The lowest BCUT2D eigenvalue weighted by Crippen LogP contribution is -2.15. The van der Waals surface area contributed by atoms with E-state index in [4.69, 9.17) is 5.26 Å². The Balaban J connectivity index is 2.41. The van der Waals surface area contributed by atoms with Gasteiger partial charge in [0.05, 0.1) is 11.3 Å². The lowest BCUT2D eigenvalue weighted by atomic mass is 10.1. The van der Waals surface area contributed by atoms with E-state index in [9.17, 15) is 0 Å². The number of anilines is 1. The molecule has 0 aromatic heterocycles. The molecule has 0 aliphatic heterocycles. The smallest absolute Gasteiger partial charge is 0.101 e. The summed E-state index contributed by atoms with van der Waals surface area (Å²) < 4.78 is 1.00. The van der Waals surface area contributed by atoms with Crippen LogP contribution in [-0.2, 0) is 0 Å². The number of unbranched alkanes of at least 4 members (excludes halogenated alkanes) is 4. The van der Waals surface area contributed by atoms with Crippen LogP contribution in [0.1, 0.15) is 57.9 Å². The second-order valence-electron chi connectivity index (χ2n) is 5.05. The minimum atomic E-state index is 0.406. The molecule has 1 N–H and O–H groups in total. The third-order valence-electron chi connectivity index (χ3n) is 3.24. The van der Waals surface area contributed by atoms with Crippen LogP contribution in [0, 0.1) is 11.3 Å². The number of nitrogens with zero attached hydrogens (tertiary/aromatic N) is 1. The zero-order valence-electron chi connectivity index (χ0n) is 11.9. The van der Waals surface area contributed by atoms with Crippen molar-refractivity contribution in [2.45, 2.75) is 58.4 Å². The van der Waals surface area contributed by atoms with Crippen LogP contribution in [0.5, 0.6) is 0 Å². The van der Waals surface area contributed by atoms with Crippen molar-refractivity contribution in [3.05, 3.63) is 28.2 Å². The van der Waals surface area contributed by atoms with Gasteiger partial charge in [0.25, 0.3) is 0 Å². The minimum absolute atomic E-state index is 0.406. The van der Waals surface area contributed by atoms with Gasteiger partial charge in [0.15, 0.2) is 0 Å². The molecule has 19 heavy (non-hydrogen) atoms. The molecule has 0 heterocycles. The Morgan fingerprint density at radius 1 is 1.26 bits per heavy atom. The Kier molecular flexibility index (Phi) is 7.59. The molecular weight excluding hydrogens is 300 g/mol. The van der Waals surface area contributed by atoms with Gasteiger partial charge in [-0.1, -0.05) is 55.0 Å². The molecule has 104 valence electrons. The van der Waals surface area contributed by atoms with Gasteiger partial charge in [0.2, 0.25) is 0 Å². The quantitative estimate of drug-likeness (QED) is 0.643. The van der Waals surface area contributed by atoms with Crippen molar-refractivity contribution in [1.82, 2.24) is 0 Å². The highest BCUT2D eigenvalue weighted by Gasteiger charge is 2.06. The molecule has 2 nitrogen and oxygen atoms in total. The number of hydrogen-bond donors (Lipinski definition) is 1. The average molecular weight is 323 g/mol. The first-order valence-corrected chi connectivity index (χ1v) is 7.93. The summed E-state index contributed by atoms with van der Waals surface area (Å²) in [5.41, 5.74) is 1.64. The molecule has 0 amide bonds. The van der Waals surface area contributed by atoms with Crippen molar-refractivity contribution in [2.24, 2.45) is 0 Å². The SMILES string of the molecule is CCCCCCCC(C)Nc1cc(Br)ccc1C#N. The van der Waals surface area contributed by atoms with Gasteiger partial charge in [0, 0.05) is 10.5 Å². The number of halogens is 1. The third kappa shape index (κ3) is 6.11. The Bertz CT molecular complexity index is 423. The maximum atomic E-state index is 9.09. The molecule has 1 unspecified atom stereocenters. The van der Waals surface area contributed by atoms with Gasteiger partial charge in [-0.15, -0.1) is 0 Å². The second kappa shape index (κ2) is 8.98. The predicted molar refractivity (Wildman–Crippen MR) is 85.3 cm³/mol. The van der Waals surface area contributed by atoms with Crippen molar-refractivity contribution in [3.63, 3.8) is 0 Å². The van der Waals surface area contributed by atoms with Crippen molar-refractivity contribution in [2.75, 3.05) is 5.32 Å². The lowest BCUT2D eigenvalue weighted by molar-refractivity contribution is 0.578. The highest BCUT2D eigenvalue weighted by atomic mass is 79.9.